The summed E-state index contributed by atoms with van der Waals surface area (Å²) in [6, 6.07) is 29.2. The smallest absolute Gasteiger partial charge is 0.353 e. The zero-order valence-electron chi connectivity index (χ0n) is 32.7. The highest BCUT2D eigenvalue weighted by Gasteiger charge is 2.21. The van der Waals surface area contributed by atoms with Crippen LogP contribution in [0.25, 0.3) is 0 Å². The summed E-state index contributed by atoms with van der Waals surface area (Å²) < 4.78 is 101. The van der Waals surface area contributed by atoms with Gasteiger partial charge in [0.05, 0.1) is 29.4 Å². The maximum absolute atomic E-state index is 13.5. The van der Waals surface area contributed by atoms with Gasteiger partial charge in [-0.1, -0.05) is 0 Å². The van der Waals surface area contributed by atoms with Gasteiger partial charge in [0.15, 0.2) is 0 Å². The van der Waals surface area contributed by atoms with Crippen molar-refractivity contribution in [2.45, 2.75) is 29.4 Å². The average molecular weight is 937 g/mol. The van der Waals surface area contributed by atoms with Gasteiger partial charge >= 0.3 is 35.4 Å². The number of phenolic OH excluding ortho intramolecular Hbond substituents is 2. The maximum atomic E-state index is 13.5. The van der Waals surface area contributed by atoms with E-state index in [1.165, 1.54) is 146 Å². The molecule has 2 heterocycles. The largest absolute Gasteiger partial charge is 0.508 e. The Morgan fingerprint density at radius 2 is 0.569 bits per heavy atom. The molecule has 0 aliphatic rings. The van der Waals surface area contributed by atoms with Crippen molar-refractivity contribution in [3.05, 3.63) is 167 Å². The number of ether oxygens (including phenoxy) is 4. The minimum absolute atomic E-state index is 0.0319. The molecule has 4 N–H and O–H groups in total. The van der Waals surface area contributed by atoms with Crippen molar-refractivity contribution in [1.82, 2.24) is 29.9 Å². The van der Waals surface area contributed by atoms with Crippen molar-refractivity contribution < 1.29 is 54.4 Å². The van der Waals surface area contributed by atoms with Crippen LogP contribution in [0.15, 0.2) is 185 Å². The highest BCUT2D eigenvalue weighted by Crippen LogP contribution is 2.30. The van der Waals surface area contributed by atoms with Crippen molar-refractivity contribution in [2.75, 3.05) is 0 Å². The van der Waals surface area contributed by atoms with Gasteiger partial charge in [0.2, 0.25) is 29.5 Å². The van der Waals surface area contributed by atoms with Crippen molar-refractivity contribution in [3.8, 4) is 58.5 Å². The molecule has 23 heteroatoms. The van der Waals surface area contributed by atoms with Gasteiger partial charge < -0.3 is 29.2 Å². The minimum atomic E-state index is -4.09. The number of aromatic nitrogens is 6. The molecule has 328 valence electrons. The fourth-order valence-corrected chi connectivity index (χ4v) is 9.50. The van der Waals surface area contributed by atoms with E-state index >= 15 is 0 Å². The van der Waals surface area contributed by atoms with Crippen LogP contribution in [0.5, 0.6) is 58.5 Å². The van der Waals surface area contributed by atoms with Gasteiger partial charge in [-0.25, -0.2) is 34.8 Å². The highest BCUT2D eigenvalue weighted by molar-refractivity contribution is 7.92. The Balaban J connectivity index is 0.890. The number of aromatic amines is 2. The molecule has 0 amide bonds. The van der Waals surface area contributed by atoms with Crippen LogP contribution in [0.3, 0.4) is 0 Å². The standard InChI is InChI=1S/C42H28N6O14S3/c49-25-1-13-31(14-2-25)63(53,54)33-17-5-27(6-18-33)59-39-43-37(51)45-41(47-39)61-29-9-21-35(22-10-29)65(57,58)36-23-11-30(12-24-36)62-42-46-38(52)44-40(48-42)60-28-7-19-34(20-8-28)64(55,56)32-15-3-26(50)4-16-32/h1-24,49-50H,(H,43,45,47,51)(H,44,46,48,52). The lowest BCUT2D eigenvalue weighted by molar-refractivity contribution is 0.392. The van der Waals surface area contributed by atoms with Gasteiger partial charge in [0, 0.05) is 0 Å². The summed E-state index contributed by atoms with van der Waals surface area (Å²) >= 11 is 0. The lowest BCUT2D eigenvalue weighted by atomic mass is 10.3. The second kappa shape index (κ2) is 17.4. The van der Waals surface area contributed by atoms with Gasteiger partial charge in [-0.2, -0.15) is 0 Å². The van der Waals surface area contributed by atoms with Crippen LogP contribution in [0.1, 0.15) is 0 Å². The van der Waals surface area contributed by atoms with E-state index in [2.05, 4.69) is 29.9 Å². The zero-order chi connectivity index (χ0) is 45.9. The summed E-state index contributed by atoms with van der Waals surface area (Å²) in [6.45, 7) is 0. The van der Waals surface area contributed by atoms with E-state index in [1.54, 1.807) is 0 Å². The van der Waals surface area contributed by atoms with Crippen LogP contribution in [-0.2, 0) is 29.5 Å². The SMILES string of the molecule is O=c1nc(Oc2ccc(S(=O)(=O)c3ccc(Oc4nc(Oc5ccc(S(=O)(=O)c6ccc(O)cc6)cc5)[nH]c(=O)n4)cc3)cc2)nc(Oc2ccc(S(=O)(=O)c3ccc(O)cc3)cc2)[nH]1. The van der Waals surface area contributed by atoms with Gasteiger partial charge in [-0.05, 0) is 146 Å². The molecule has 20 nitrogen and oxygen atoms in total. The predicted octanol–water partition coefficient (Wildman–Crippen LogP) is 5.72. The van der Waals surface area contributed by atoms with Gasteiger partial charge in [-0.3, -0.25) is 9.97 Å². The molecule has 0 aliphatic heterocycles. The third-order valence-electron chi connectivity index (χ3n) is 8.89. The molecule has 0 fully saturated rings. The molecular weight excluding hydrogens is 909 g/mol. The normalized spacial score (nSPS) is 11.7. The molecule has 6 aromatic carbocycles. The van der Waals surface area contributed by atoms with Crippen LogP contribution >= 0.6 is 0 Å². The van der Waals surface area contributed by atoms with Crippen molar-refractivity contribution in [1.29, 1.82) is 0 Å². The molecular formula is C42H28N6O14S3. The Labute approximate surface area is 366 Å². The summed E-state index contributed by atoms with van der Waals surface area (Å²) in [5.41, 5.74) is -1.79. The van der Waals surface area contributed by atoms with E-state index in [1.807, 2.05) is 0 Å². The Hall–Kier alpha value is -8.41. The molecule has 8 aromatic rings. The molecule has 0 atom stereocenters. The summed E-state index contributed by atoms with van der Waals surface area (Å²) in [4.78, 5) is 44.1. The summed E-state index contributed by atoms with van der Waals surface area (Å²) in [6.07, 6.45) is 0. The second-order valence-corrected chi connectivity index (χ2v) is 19.1. The molecule has 0 aliphatic carbocycles. The fraction of sp³-hybridized carbons (Fsp3) is 0. The van der Waals surface area contributed by atoms with Crippen LogP contribution in [0.2, 0.25) is 0 Å². The first kappa shape index (κ1) is 43.2. The number of benzene rings is 6. The minimum Gasteiger partial charge on any atom is -0.508 e. The lowest BCUT2D eigenvalue weighted by Crippen LogP contribution is -2.14. The molecule has 65 heavy (non-hydrogen) atoms. The molecule has 8 rings (SSSR count). The quantitative estimate of drug-likeness (QED) is 0.101. The molecule has 0 unspecified atom stereocenters. The van der Waals surface area contributed by atoms with Crippen LogP contribution in [-0.4, -0.2) is 65.4 Å². The van der Waals surface area contributed by atoms with E-state index in [0.717, 1.165) is 0 Å². The topological polar surface area (TPSA) is 297 Å². The number of hydrogen-bond donors (Lipinski definition) is 4. The Morgan fingerprint density at radius 1 is 0.338 bits per heavy atom. The molecule has 0 radical (unpaired) electrons. The Kier molecular flexibility index (Phi) is 11.6. The number of hydrogen-bond acceptors (Lipinski definition) is 18. The maximum Gasteiger partial charge on any atom is 0.353 e. The molecule has 2 aromatic heterocycles. The molecule has 0 spiro atoms. The zero-order valence-corrected chi connectivity index (χ0v) is 35.1. The summed E-state index contributed by atoms with van der Waals surface area (Å²) in [7, 11) is -11.9. The number of nitrogens with zero attached hydrogens (tertiary/aromatic N) is 4. The molecule has 0 saturated carbocycles. The number of aromatic hydroxyl groups is 2. The van der Waals surface area contributed by atoms with E-state index in [-0.39, 0.29) is 75.9 Å². The number of phenols is 2. The van der Waals surface area contributed by atoms with Crippen LogP contribution in [0, 0.1) is 0 Å². The highest BCUT2D eigenvalue weighted by atomic mass is 32.2. The first-order valence-corrected chi connectivity index (χ1v) is 22.9. The van der Waals surface area contributed by atoms with Gasteiger partial charge in [0.25, 0.3) is 0 Å². The van der Waals surface area contributed by atoms with Gasteiger partial charge in [-0.15, -0.1) is 19.9 Å². The number of sulfone groups is 3. The van der Waals surface area contributed by atoms with E-state index in [9.17, 15) is 45.1 Å². The molecule has 0 saturated heterocycles. The number of nitrogens with one attached hydrogen (secondary N) is 2. The number of rotatable bonds is 14. The fourth-order valence-electron chi connectivity index (χ4n) is 5.72. The number of H-pyrrole nitrogens is 2. The Morgan fingerprint density at radius 3 is 0.831 bits per heavy atom. The average Bonchev–Trinajstić information content (AvgIpc) is 3.27. The van der Waals surface area contributed by atoms with E-state index in [4.69, 9.17) is 18.9 Å². The van der Waals surface area contributed by atoms with Crippen molar-refractivity contribution in [3.63, 3.8) is 0 Å². The van der Waals surface area contributed by atoms with E-state index < -0.39 is 52.9 Å². The lowest BCUT2D eigenvalue weighted by Gasteiger charge is -2.09. The predicted molar refractivity (Wildman–Crippen MR) is 224 cm³/mol. The second-order valence-electron chi connectivity index (χ2n) is 13.3. The first-order valence-electron chi connectivity index (χ1n) is 18.4. The Bertz CT molecular complexity index is 3270. The summed E-state index contributed by atoms with van der Waals surface area (Å²) in [5.74, 6) is 0.162. The van der Waals surface area contributed by atoms with E-state index in [0.29, 0.717) is 0 Å². The van der Waals surface area contributed by atoms with Crippen molar-refractivity contribution >= 4 is 29.5 Å². The van der Waals surface area contributed by atoms with Gasteiger partial charge in [0.1, 0.15) is 34.5 Å². The van der Waals surface area contributed by atoms with Crippen LogP contribution in [0.4, 0.5) is 0 Å². The monoisotopic (exact) mass is 936 g/mol. The first-order chi connectivity index (χ1) is 31.0. The third-order valence-corrected chi connectivity index (χ3v) is 14.3. The summed E-state index contributed by atoms with van der Waals surface area (Å²) in [5, 5.41) is 19.0. The van der Waals surface area contributed by atoms with Crippen LogP contribution < -0.4 is 30.3 Å². The molecule has 0 bridgehead atoms. The third kappa shape index (κ3) is 9.81. The van der Waals surface area contributed by atoms with Crippen molar-refractivity contribution in [2.24, 2.45) is 0 Å².